The highest BCUT2D eigenvalue weighted by atomic mass is 15.0. The third-order valence-electron chi connectivity index (χ3n) is 20.7. The van der Waals surface area contributed by atoms with Crippen LogP contribution < -0.4 is 0 Å². The van der Waals surface area contributed by atoms with Gasteiger partial charge in [-0.2, -0.15) is 0 Å². The molecule has 0 bridgehead atoms. The van der Waals surface area contributed by atoms with Crippen LogP contribution in [0.4, 0.5) is 0 Å². The standard InChI is InChI=1S/C52H34N2.C51H33N3/c1-4-15-35(16-5-1)41-30-42(32-43(31-41)39-27-28-48-46-25-11-10-23-44(46)45-24-12-13-26-47(45)49(48)33-39)38-21-14-22-40(29-38)52-53-50(36-17-6-2-7-18-36)34-51(54-52)37-19-8-3-9-20-37;1-4-15-34(16-5-1)40-30-41(32-42(31-40)51-53-49(35-17-6-2-7-18-35)52-50(54-51)36-19-8-3-9-20-36)38-22-14-21-37(29-38)39-27-28-47-45-25-11-10-23-43(45)44-24-12-13-26-46(44)48(47)33-39/h1-34H;1-33H. The van der Waals surface area contributed by atoms with Gasteiger partial charge in [-0.15, -0.1) is 0 Å². The lowest BCUT2D eigenvalue weighted by atomic mass is 9.90. The molecule has 18 aromatic carbocycles. The second-order valence-corrected chi connectivity index (χ2v) is 27.4. The van der Waals surface area contributed by atoms with Crippen molar-refractivity contribution in [3.05, 3.63) is 406 Å². The maximum absolute atomic E-state index is 5.13. The van der Waals surface area contributed by atoms with Gasteiger partial charge in [0.2, 0.25) is 0 Å². The molecule has 0 aliphatic rings. The van der Waals surface area contributed by atoms with Gasteiger partial charge in [0.1, 0.15) is 0 Å². The van der Waals surface area contributed by atoms with Crippen molar-refractivity contribution in [2.24, 2.45) is 0 Å². The second-order valence-electron chi connectivity index (χ2n) is 27.4. The van der Waals surface area contributed by atoms with Crippen LogP contribution in [0.25, 0.3) is 199 Å². The van der Waals surface area contributed by atoms with Crippen LogP contribution in [0.5, 0.6) is 0 Å². The van der Waals surface area contributed by atoms with E-state index in [0.717, 1.165) is 83.7 Å². The summed E-state index contributed by atoms with van der Waals surface area (Å²) in [6.45, 7) is 0. The Morgan fingerprint density at radius 2 is 0.315 bits per heavy atom. The summed E-state index contributed by atoms with van der Waals surface area (Å²) in [4.78, 5) is 25.4. The summed E-state index contributed by atoms with van der Waals surface area (Å²) in [7, 11) is 0. The quantitative estimate of drug-likeness (QED) is 0.114. The van der Waals surface area contributed by atoms with E-state index in [1.165, 1.54) is 92.5 Å². The van der Waals surface area contributed by atoms with Gasteiger partial charge in [0.15, 0.2) is 23.3 Å². The molecule has 5 heteroatoms. The van der Waals surface area contributed by atoms with E-state index >= 15 is 0 Å². The normalized spacial score (nSPS) is 11.3. The van der Waals surface area contributed by atoms with E-state index in [1.807, 2.05) is 72.8 Å². The van der Waals surface area contributed by atoms with Crippen molar-refractivity contribution in [1.82, 2.24) is 24.9 Å². The lowest BCUT2D eigenvalue weighted by molar-refractivity contribution is 1.07. The Morgan fingerprint density at radius 1 is 0.102 bits per heavy atom. The number of fused-ring (bicyclic) bond motifs is 12. The first-order valence-corrected chi connectivity index (χ1v) is 36.7. The van der Waals surface area contributed by atoms with Crippen molar-refractivity contribution in [1.29, 1.82) is 0 Å². The summed E-state index contributed by atoms with van der Waals surface area (Å²) in [5.74, 6) is 2.62. The zero-order chi connectivity index (χ0) is 71.7. The van der Waals surface area contributed by atoms with Crippen molar-refractivity contribution in [3.63, 3.8) is 0 Å². The van der Waals surface area contributed by atoms with E-state index < -0.39 is 0 Å². The van der Waals surface area contributed by atoms with Crippen molar-refractivity contribution in [2.45, 2.75) is 0 Å². The van der Waals surface area contributed by atoms with E-state index in [0.29, 0.717) is 23.3 Å². The van der Waals surface area contributed by atoms with Crippen molar-refractivity contribution in [3.8, 4) is 135 Å². The molecular weight excluding hydrogens is 1310 g/mol. The van der Waals surface area contributed by atoms with Crippen LogP contribution in [0.2, 0.25) is 0 Å². The molecule has 0 spiro atoms. The minimum absolute atomic E-state index is 0.631. The van der Waals surface area contributed by atoms with Gasteiger partial charge in [-0.3, -0.25) is 0 Å². The van der Waals surface area contributed by atoms with Crippen LogP contribution in [0, 0.1) is 0 Å². The number of aromatic nitrogens is 5. The molecule has 0 fully saturated rings. The van der Waals surface area contributed by atoms with Crippen LogP contribution in [0.1, 0.15) is 0 Å². The fourth-order valence-electron chi connectivity index (χ4n) is 15.4. The van der Waals surface area contributed by atoms with E-state index in [2.05, 4.69) is 334 Å². The van der Waals surface area contributed by atoms with Gasteiger partial charge < -0.3 is 0 Å². The van der Waals surface area contributed by atoms with Gasteiger partial charge in [0, 0.05) is 33.4 Å². The molecule has 504 valence electrons. The molecule has 0 saturated heterocycles. The Labute approximate surface area is 626 Å². The lowest BCUT2D eigenvalue weighted by Gasteiger charge is -2.15. The van der Waals surface area contributed by atoms with Crippen molar-refractivity contribution in [2.75, 3.05) is 0 Å². The average Bonchev–Trinajstić information content (AvgIpc) is 0.746. The highest BCUT2D eigenvalue weighted by Gasteiger charge is 2.19. The second kappa shape index (κ2) is 28.3. The predicted molar refractivity (Wildman–Crippen MR) is 452 cm³/mol. The first kappa shape index (κ1) is 64.5. The lowest BCUT2D eigenvalue weighted by Crippen LogP contribution is -2.00. The molecule has 2 heterocycles. The first-order valence-electron chi connectivity index (χ1n) is 36.7. The number of hydrogen-bond acceptors (Lipinski definition) is 5. The Bertz CT molecular complexity index is 6580. The maximum atomic E-state index is 5.13. The maximum Gasteiger partial charge on any atom is 0.164 e. The van der Waals surface area contributed by atoms with Crippen molar-refractivity contribution >= 4 is 64.6 Å². The molecule has 2 aromatic heterocycles. The summed E-state index contributed by atoms with van der Waals surface area (Å²) in [6, 6.07) is 144. The van der Waals surface area contributed by atoms with E-state index in [9.17, 15) is 0 Å². The molecule has 20 rings (SSSR count). The molecule has 0 aliphatic heterocycles. The summed E-state index contributed by atoms with van der Waals surface area (Å²) < 4.78 is 0. The molecule has 5 nitrogen and oxygen atoms in total. The Morgan fingerprint density at radius 3 is 0.676 bits per heavy atom. The molecule has 0 aliphatic carbocycles. The van der Waals surface area contributed by atoms with Gasteiger partial charge >= 0.3 is 0 Å². The van der Waals surface area contributed by atoms with Crippen LogP contribution in [0.15, 0.2) is 406 Å². The van der Waals surface area contributed by atoms with Gasteiger partial charge in [-0.05, 0) is 198 Å². The molecule has 0 amide bonds. The van der Waals surface area contributed by atoms with E-state index in [1.54, 1.807) is 0 Å². The Balaban J connectivity index is 0.000000147. The summed E-state index contributed by atoms with van der Waals surface area (Å²) in [6.07, 6.45) is 0. The van der Waals surface area contributed by atoms with Gasteiger partial charge in [0.05, 0.1) is 11.4 Å². The number of benzene rings is 18. The molecule has 0 atom stereocenters. The molecule has 20 aromatic rings. The Hall–Kier alpha value is -14.4. The average molecular weight is 1370 g/mol. The van der Waals surface area contributed by atoms with Crippen LogP contribution >= 0.6 is 0 Å². The first-order chi connectivity index (χ1) is 53.5. The smallest absolute Gasteiger partial charge is 0.164 e. The van der Waals surface area contributed by atoms with Crippen LogP contribution in [-0.2, 0) is 0 Å². The number of rotatable bonds is 12. The molecule has 108 heavy (non-hydrogen) atoms. The summed E-state index contributed by atoms with van der Waals surface area (Å²) >= 11 is 0. The fraction of sp³-hybridized carbons (Fsp3) is 0. The molecule has 0 saturated carbocycles. The Kier molecular flexibility index (Phi) is 16.9. The zero-order valence-corrected chi connectivity index (χ0v) is 58.9. The van der Waals surface area contributed by atoms with E-state index in [-0.39, 0.29) is 0 Å². The summed E-state index contributed by atoms with van der Waals surface area (Å²) in [5.41, 5.74) is 21.5. The molecule has 0 N–H and O–H groups in total. The topological polar surface area (TPSA) is 64.5 Å². The van der Waals surface area contributed by atoms with Crippen LogP contribution in [-0.4, -0.2) is 24.9 Å². The van der Waals surface area contributed by atoms with Gasteiger partial charge in [-0.25, -0.2) is 24.9 Å². The highest BCUT2D eigenvalue weighted by Crippen LogP contribution is 2.43. The monoisotopic (exact) mass is 1370 g/mol. The number of hydrogen-bond donors (Lipinski definition) is 0. The van der Waals surface area contributed by atoms with E-state index in [4.69, 9.17) is 24.9 Å². The molecule has 0 unspecified atom stereocenters. The van der Waals surface area contributed by atoms with Crippen molar-refractivity contribution < 1.29 is 0 Å². The largest absolute Gasteiger partial charge is 0.228 e. The van der Waals surface area contributed by atoms with Crippen LogP contribution in [0.3, 0.4) is 0 Å². The molecule has 0 radical (unpaired) electrons. The summed E-state index contributed by atoms with van der Waals surface area (Å²) in [5, 5.41) is 15.3. The predicted octanol–water partition coefficient (Wildman–Crippen LogP) is 27.3. The third-order valence-corrected chi connectivity index (χ3v) is 20.7. The third kappa shape index (κ3) is 12.7. The zero-order valence-electron chi connectivity index (χ0n) is 58.9. The molecular formula is C103H67N5. The van der Waals surface area contributed by atoms with Gasteiger partial charge in [-0.1, -0.05) is 340 Å². The SMILES string of the molecule is c1ccc(-c2cc(-c3cccc(-c4ccc5c6ccccc6c6ccccc6c5c4)c3)cc(-c3nc(-c4ccccc4)nc(-c4ccccc4)n3)c2)cc1.c1ccc(-c2cc(-c3cccc(-c4nc(-c5ccccc5)cc(-c5ccccc5)n4)c3)cc(-c3ccc4c5ccccc5c5ccccc5c4c3)c2)cc1. The van der Waals surface area contributed by atoms with Gasteiger partial charge in [0.25, 0.3) is 0 Å². The fourth-order valence-corrected chi connectivity index (χ4v) is 15.4. The highest BCUT2D eigenvalue weighted by molar-refractivity contribution is 6.27. The minimum atomic E-state index is 0.631. The number of nitrogens with zero attached hydrogens (tertiary/aromatic N) is 5. The minimum Gasteiger partial charge on any atom is -0.228 e.